The number of nitrogens with zero attached hydrogens (tertiary/aromatic N) is 3. The van der Waals surface area contributed by atoms with Crippen molar-refractivity contribution in [2.24, 2.45) is 17.3 Å². The Balaban J connectivity index is 1.57. The molecular formula is C52H81N7O7S2. The second-order valence-corrected chi connectivity index (χ2v) is 22.2. The van der Waals surface area contributed by atoms with Crippen LogP contribution in [0.3, 0.4) is 0 Å². The van der Waals surface area contributed by atoms with E-state index in [0.717, 1.165) is 69.2 Å². The number of benzene rings is 2. The number of hydrogen-bond acceptors (Lipinski definition) is 11. The number of thiazole rings is 1. The lowest BCUT2D eigenvalue weighted by Crippen LogP contribution is -2.59. The maximum atomic E-state index is 15.0. The van der Waals surface area contributed by atoms with E-state index in [4.69, 9.17) is 9.72 Å². The average molecular weight is 980 g/mol. The first-order chi connectivity index (χ1) is 32.3. The van der Waals surface area contributed by atoms with E-state index in [1.807, 2.05) is 56.1 Å². The highest BCUT2D eigenvalue weighted by Crippen LogP contribution is 2.32. The summed E-state index contributed by atoms with van der Waals surface area (Å²) in [4.78, 5) is 65.6. The maximum Gasteiger partial charge on any atom is 0.270 e. The van der Waals surface area contributed by atoms with Crippen LogP contribution < -0.4 is 20.7 Å². The highest BCUT2D eigenvalue weighted by Gasteiger charge is 2.39. The van der Waals surface area contributed by atoms with Gasteiger partial charge in [-0.1, -0.05) is 123 Å². The Kier molecular flexibility index (Phi) is 22.4. The molecule has 0 spiro atoms. The molecule has 6 atom stereocenters. The van der Waals surface area contributed by atoms with Crippen LogP contribution in [0.25, 0.3) is 0 Å². The van der Waals surface area contributed by atoms with Gasteiger partial charge < -0.3 is 25.6 Å². The van der Waals surface area contributed by atoms with Crippen molar-refractivity contribution in [3.05, 3.63) is 81.8 Å². The van der Waals surface area contributed by atoms with E-state index in [1.54, 1.807) is 50.5 Å². The van der Waals surface area contributed by atoms with Crippen molar-refractivity contribution in [2.45, 2.75) is 162 Å². The molecule has 1 saturated heterocycles. The number of carbonyl (C=O) groups is 4. The molecule has 3 aromatic rings. The lowest BCUT2D eigenvalue weighted by molar-refractivity contribution is -0.143. The van der Waals surface area contributed by atoms with Crippen LogP contribution in [-0.2, 0) is 41.3 Å². The first-order valence-electron chi connectivity index (χ1n) is 24.9. The van der Waals surface area contributed by atoms with Gasteiger partial charge in [0.2, 0.25) is 27.7 Å². The Bertz CT molecular complexity index is 2150. The molecule has 4 rings (SSSR count). The second-order valence-electron chi connectivity index (χ2n) is 19.6. The Labute approximate surface area is 411 Å². The molecule has 1 aliphatic rings. The Hall–Kier alpha value is -4.38. The fourth-order valence-electron chi connectivity index (χ4n) is 8.97. The zero-order chi connectivity index (χ0) is 50.0. The summed E-state index contributed by atoms with van der Waals surface area (Å²) in [6.07, 6.45) is 7.92. The monoisotopic (exact) mass is 980 g/mol. The lowest BCUT2D eigenvalue weighted by atomic mass is 9.83. The number of likely N-dealkylation sites (tertiary alicyclic amines) is 1. The normalized spacial score (nSPS) is 16.8. The molecule has 0 unspecified atom stereocenters. The molecule has 2 heterocycles. The third-order valence-corrected chi connectivity index (χ3v) is 15.4. The molecule has 2 aromatic carbocycles. The van der Waals surface area contributed by atoms with Gasteiger partial charge in [0.25, 0.3) is 5.91 Å². The Morgan fingerprint density at radius 1 is 0.941 bits per heavy atom. The molecule has 0 aliphatic carbocycles. The molecule has 0 radical (unpaired) electrons. The number of unbranched alkanes of at least 4 members (excludes halogenated alkanes) is 3. The van der Waals surface area contributed by atoms with Gasteiger partial charge in [0.1, 0.15) is 22.8 Å². The number of likely N-dealkylation sites (N-methyl/N-ethyl adjacent to an activating group) is 1. The van der Waals surface area contributed by atoms with Crippen LogP contribution >= 0.6 is 11.3 Å². The number of nitrogens with one attached hydrogen (secondary N) is 4. The molecule has 4 N–H and O–H groups in total. The summed E-state index contributed by atoms with van der Waals surface area (Å²) in [6.45, 7) is 17.5. The van der Waals surface area contributed by atoms with Gasteiger partial charge in [-0.25, -0.2) is 13.4 Å². The van der Waals surface area contributed by atoms with Crippen molar-refractivity contribution in [3.63, 3.8) is 0 Å². The minimum absolute atomic E-state index is 0.0350. The quantitative estimate of drug-likeness (QED) is 0.0516. The summed E-state index contributed by atoms with van der Waals surface area (Å²) in [5.74, 6) is -1.67. The number of piperidine rings is 1. The summed E-state index contributed by atoms with van der Waals surface area (Å²) >= 11 is 1.33. The molecule has 4 amide bonds. The Morgan fingerprint density at radius 2 is 1.65 bits per heavy atom. The fraction of sp³-hybridized carbons (Fsp3) is 0.635. The van der Waals surface area contributed by atoms with Crippen LogP contribution in [-0.4, -0.2) is 105 Å². The molecule has 1 fully saturated rings. The van der Waals surface area contributed by atoms with Crippen LogP contribution in [0.4, 0.5) is 5.69 Å². The molecule has 14 nitrogen and oxygen atoms in total. The molecule has 0 saturated carbocycles. The molecule has 1 aromatic heterocycles. The van der Waals surface area contributed by atoms with Crippen LogP contribution in [0.15, 0.2) is 60.0 Å². The molecule has 68 heavy (non-hydrogen) atoms. The maximum absolute atomic E-state index is 15.0. The number of hydrogen-bond donors (Lipinski definition) is 4. The van der Waals surface area contributed by atoms with Crippen LogP contribution in [0.1, 0.15) is 152 Å². The summed E-state index contributed by atoms with van der Waals surface area (Å²) < 4.78 is 35.1. The predicted molar refractivity (Wildman–Crippen MR) is 274 cm³/mol. The summed E-state index contributed by atoms with van der Waals surface area (Å²) in [6, 6.07) is 14.8. The average Bonchev–Trinajstić information content (AvgIpc) is 3.80. The summed E-state index contributed by atoms with van der Waals surface area (Å²) in [5, 5.41) is 11.7. The molecule has 378 valence electrons. The summed E-state index contributed by atoms with van der Waals surface area (Å²) in [7, 11) is -0.271. The van der Waals surface area contributed by atoms with Crippen molar-refractivity contribution >= 4 is 50.7 Å². The lowest BCUT2D eigenvalue weighted by Gasteiger charge is -2.40. The number of aromatic nitrogens is 1. The van der Waals surface area contributed by atoms with E-state index in [9.17, 15) is 27.6 Å². The zero-order valence-electron chi connectivity index (χ0n) is 42.4. The minimum atomic E-state index is -4.03. The van der Waals surface area contributed by atoms with Crippen molar-refractivity contribution in [1.82, 2.24) is 30.1 Å². The van der Waals surface area contributed by atoms with E-state index in [1.165, 1.54) is 11.3 Å². The van der Waals surface area contributed by atoms with Gasteiger partial charge in [-0.05, 0) is 87.7 Å². The van der Waals surface area contributed by atoms with Crippen LogP contribution in [0, 0.1) is 17.3 Å². The third kappa shape index (κ3) is 16.9. The van der Waals surface area contributed by atoms with Crippen molar-refractivity contribution in [3.8, 4) is 0 Å². The van der Waals surface area contributed by atoms with E-state index >= 15 is 0 Å². The van der Waals surface area contributed by atoms with Gasteiger partial charge in [-0.15, -0.1) is 11.3 Å². The number of amides is 4. The van der Waals surface area contributed by atoms with Gasteiger partial charge in [0, 0.05) is 55.2 Å². The highest BCUT2D eigenvalue weighted by molar-refractivity contribution is 7.89. The van der Waals surface area contributed by atoms with Gasteiger partial charge in [-0.3, -0.25) is 28.8 Å². The number of rotatable bonds is 28. The van der Waals surface area contributed by atoms with Crippen molar-refractivity contribution in [1.29, 1.82) is 0 Å². The van der Waals surface area contributed by atoms with Crippen LogP contribution in [0.5, 0.6) is 0 Å². The van der Waals surface area contributed by atoms with E-state index in [-0.39, 0.29) is 53.6 Å². The molecule has 1 aliphatic heterocycles. The molecule has 16 heteroatoms. The largest absolute Gasteiger partial charge is 0.388 e. The number of carbonyl (C=O) groups excluding carboxylic acids is 4. The smallest absolute Gasteiger partial charge is 0.270 e. The van der Waals surface area contributed by atoms with Gasteiger partial charge in [-0.2, -0.15) is 0 Å². The predicted octanol–water partition coefficient (Wildman–Crippen LogP) is 8.50. The fourth-order valence-corrected chi connectivity index (χ4v) is 11.1. The zero-order valence-corrected chi connectivity index (χ0v) is 44.1. The van der Waals surface area contributed by atoms with E-state index < -0.39 is 45.4 Å². The number of sulfonamides is 1. The van der Waals surface area contributed by atoms with Crippen LogP contribution in [0.2, 0.25) is 0 Å². The number of ether oxygens (including phenoxy) is 1. The third-order valence-electron chi connectivity index (χ3n) is 13.3. The first kappa shape index (κ1) is 56.2. The Morgan fingerprint density at radius 3 is 2.26 bits per heavy atom. The van der Waals surface area contributed by atoms with Gasteiger partial charge in [0.05, 0.1) is 11.8 Å². The van der Waals surface area contributed by atoms with Gasteiger partial charge in [0.15, 0.2) is 0 Å². The van der Waals surface area contributed by atoms with E-state index in [2.05, 4.69) is 53.3 Å². The topological polar surface area (TPSA) is 179 Å². The van der Waals surface area contributed by atoms with Gasteiger partial charge >= 0.3 is 0 Å². The highest BCUT2D eigenvalue weighted by atomic mass is 32.2. The SMILES string of the molecule is CCCCCCN(C(=O)[C@@H](NC(=O)[C@H]1CCCCN1C)[C@@H](C)CC)[C@H](C[C@@H](OCC)c1nc(C(=O)N[C@@H](Cc2ccccc2)CC(C)(C)C(=O)NS(=O)(=O)Cc2ccc(NC)cc2)cs1)C(C)C. The standard InChI is InChI=1S/C52H81N7O7S2/c1-11-14-15-20-30-59(50(62)46(37(6)12-2)56-48(61)43-24-19-21-29-58(43)10)44(36(4)5)32-45(66-13-3)49-55-42(34-67-49)47(60)54-41(31-38-22-17-16-18-23-38)33-52(7,8)51(63)57-68(64,65)35-39-25-27-40(53-9)28-26-39/h16-18,22-23,25-28,34,36-37,41,43-46,53H,11-15,19-21,24,29-33,35H2,1-10H3,(H,54,60)(H,56,61)(H,57,63)/t37-,41-,43+,44+,45+,46-/m0/s1. The van der Waals surface area contributed by atoms with Crippen molar-refractivity contribution in [2.75, 3.05) is 39.1 Å². The van der Waals surface area contributed by atoms with E-state index in [0.29, 0.717) is 36.6 Å². The van der Waals surface area contributed by atoms with Crippen molar-refractivity contribution < 1.29 is 32.3 Å². The molecule has 0 bridgehead atoms. The first-order valence-corrected chi connectivity index (χ1v) is 27.4. The summed E-state index contributed by atoms with van der Waals surface area (Å²) in [5.41, 5.74) is 1.32. The number of anilines is 1. The molecular weight excluding hydrogens is 899 g/mol. The second kappa shape index (κ2) is 27.1. The minimum Gasteiger partial charge on any atom is -0.388 e.